The highest BCUT2D eigenvalue weighted by atomic mass is 16.5. The first-order valence-corrected chi connectivity index (χ1v) is 4.77. The standard InChI is InChI=1S/C12H16N2O/c1-6-10-9(3)14-15-11(10)13-8-12(4,5)7-2/h6-8H,1-2H2,3-5H3. The van der Waals surface area contributed by atoms with E-state index < -0.39 is 0 Å². The van der Waals surface area contributed by atoms with E-state index in [1.165, 1.54) is 0 Å². The maximum absolute atomic E-state index is 5.07. The van der Waals surface area contributed by atoms with Gasteiger partial charge in [-0.3, -0.25) is 0 Å². The third-order valence-corrected chi connectivity index (χ3v) is 2.13. The number of allylic oxidation sites excluding steroid dienone is 1. The molecule has 0 unspecified atom stereocenters. The average molecular weight is 204 g/mol. The maximum Gasteiger partial charge on any atom is 0.257 e. The predicted molar refractivity (Wildman–Crippen MR) is 63.5 cm³/mol. The molecule has 0 amide bonds. The van der Waals surface area contributed by atoms with Crippen molar-refractivity contribution in [3.05, 3.63) is 30.5 Å². The molecule has 0 aliphatic carbocycles. The van der Waals surface area contributed by atoms with Crippen molar-refractivity contribution in [1.82, 2.24) is 5.16 Å². The van der Waals surface area contributed by atoms with Gasteiger partial charge in [0.25, 0.3) is 5.88 Å². The molecule has 0 saturated carbocycles. The van der Waals surface area contributed by atoms with Gasteiger partial charge >= 0.3 is 0 Å². The third kappa shape index (κ3) is 2.65. The minimum absolute atomic E-state index is 0.154. The molecular formula is C12H16N2O. The molecule has 0 fully saturated rings. The summed E-state index contributed by atoms with van der Waals surface area (Å²) in [6, 6.07) is 0. The first-order chi connectivity index (χ1) is 7.00. The molecule has 3 heteroatoms. The van der Waals surface area contributed by atoms with E-state index in [-0.39, 0.29) is 5.41 Å². The lowest BCUT2D eigenvalue weighted by atomic mass is 9.96. The summed E-state index contributed by atoms with van der Waals surface area (Å²) < 4.78 is 5.07. The lowest BCUT2D eigenvalue weighted by Crippen LogP contribution is -2.07. The Morgan fingerprint density at radius 2 is 2.07 bits per heavy atom. The van der Waals surface area contributed by atoms with E-state index in [4.69, 9.17) is 4.52 Å². The molecular weight excluding hydrogens is 188 g/mol. The van der Waals surface area contributed by atoms with Crippen LogP contribution in [0.25, 0.3) is 6.08 Å². The topological polar surface area (TPSA) is 38.4 Å². The van der Waals surface area contributed by atoms with Crippen LogP contribution in [0.5, 0.6) is 0 Å². The van der Waals surface area contributed by atoms with Crippen LogP contribution in [0, 0.1) is 12.3 Å². The normalized spacial score (nSPS) is 11.9. The fourth-order valence-electron chi connectivity index (χ4n) is 0.971. The average Bonchev–Trinajstić information content (AvgIpc) is 2.56. The van der Waals surface area contributed by atoms with E-state index in [2.05, 4.69) is 23.3 Å². The van der Waals surface area contributed by atoms with Crippen LogP contribution in [-0.2, 0) is 0 Å². The molecule has 1 aromatic heterocycles. The zero-order valence-electron chi connectivity index (χ0n) is 9.45. The SMILES string of the molecule is C=Cc1c(C)noc1N=CC(C)(C)C=C. The monoisotopic (exact) mass is 204 g/mol. The Labute approximate surface area is 90.2 Å². The zero-order chi connectivity index (χ0) is 11.5. The fraction of sp³-hybridized carbons (Fsp3) is 0.333. The highest BCUT2D eigenvalue weighted by Crippen LogP contribution is 2.24. The van der Waals surface area contributed by atoms with E-state index in [0.717, 1.165) is 11.3 Å². The van der Waals surface area contributed by atoms with Crippen molar-refractivity contribution in [2.75, 3.05) is 0 Å². The number of hydrogen-bond acceptors (Lipinski definition) is 3. The van der Waals surface area contributed by atoms with Crippen molar-refractivity contribution in [3.8, 4) is 0 Å². The van der Waals surface area contributed by atoms with Crippen LogP contribution in [-0.4, -0.2) is 11.4 Å². The summed E-state index contributed by atoms with van der Waals surface area (Å²) >= 11 is 0. The minimum Gasteiger partial charge on any atom is -0.336 e. The molecule has 1 heterocycles. The first kappa shape index (κ1) is 11.4. The molecule has 0 atom stereocenters. The van der Waals surface area contributed by atoms with Gasteiger partial charge in [-0.1, -0.05) is 37.7 Å². The summed E-state index contributed by atoms with van der Waals surface area (Å²) in [4.78, 5) is 4.24. The molecule has 80 valence electrons. The molecule has 0 saturated heterocycles. The molecule has 15 heavy (non-hydrogen) atoms. The summed E-state index contributed by atoms with van der Waals surface area (Å²) in [5.74, 6) is 0.498. The van der Waals surface area contributed by atoms with Gasteiger partial charge in [0.05, 0.1) is 11.3 Å². The van der Waals surface area contributed by atoms with Gasteiger partial charge in [0.15, 0.2) is 0 Å². The van der Waals surface area contributed by atoms with Crippen molar-refractivity contribution < 1.29 is 4.52 Å². The number of aliphatic imine (C=N–C) groups is 1. The van der Waals surface area contributed by atoms with Crippen LogP contribution in [0.15, 0.2) is 28.7 Å². The summed E-state index contributed by atoms with van der Waals surface area (Å²) in [6.07, 6.45) is 5.31. The van der Waals surface area contributed by atoms with Crippen molar-refractivity contribution in [2.45, 2.75) is 20.8 Å². The van der Waals surface area contributed by atoms with Gasteiger partial charge in [-0.25, -0.2) is 4.99 Å². The molecule has 0 spiro atoms. The molecule has 3 nitrogen and oxygen atoms in total. The summed E-state index contributed by atoms with van der Waals surface area (Å²) in [7, 11) is 0. The Hall–Kier alpha value is -1.64. The van der Waals surface area contributed by atoms with Gasteiger partial charge in [0.2, 0.25) is 0 Å². The quantitative estimate of drug-likeness (QED) is 0.555. The molecule has 0 radical (unpaired) electrons. The number of hydrogen-bond donors (Lipinski definition) is 0. The van der Waals surface area contributed by atoms with Crippen LogP contribution < -0.4 is 0 Å². The number of nitrogens with zero attached hydrogens (tertiary/aromatic N) is 2. The Morgan fingerprint density at radius 3 is 2.60 bits per heavy atom. The number of aromatic nitrogens is 1. The second-order valence-corrected chi connectivity index (χ2v) is 3.97. The molecule has 1 aromatic rings. The van der Waals surface area contributed by atoms with E-state index in [1.807, 2.05) is 26.8 Å². The number of rotatable bonds is 4. The van der Waals surface area contributed by atoms with Gasteiger partial charge in [-0.05, 0) is 6.92 Å². The van der Waals surface area contributed by atoms with Gasteiger partial charge in [0.1, 0.15) is 0 Å². The summed E-state index contributed by atoms with van der Waals surface area (Å²) in [5, 5.41) is 3.83. The molecule has 1 rings (SSSR count). The Kier molecular flexibility index (Phi) is 3.24. The molecule has 0 aromatic carbocycles. The van der Waals surface area contributed by atoms with Gasteiger partial charge in [-0.15, -0.1) is 6.58 Å². The predicted octanol–water partition coefficient (Wildman–Crippen LogP) is 3.54. The van der Waals surface area contributed by atoms with Gasteiger partial charge < -0.3 is 4.52 Å². The minimum atomic E-state index is -0.154. The molecule has 0 bridgehead atoms. The third-order valence-electron chi connectivity index (χ3n) is 2.13. The fourth-order valence-corrected chi connectivity index (χ4v) is 0.971. The summed E-state index contributed by atoms with van der Waals surface area (Å²) in [5.41, 5.74) is 1.48. The van der Waals surface area contributed by atoms with Crippen LogP contribution in [0.4, 0.5) is 5.88 Å². The lowest BCUT2D eigenvalue weighted by Gasteiger charge is -2.10. The number of aryl methyl sites for hydroxylation is 1. The maximum atomic E-state index is 5.07. The zero-order valence-corrected chi connectivity index (χ0v) is 9.45. The second-order valence-electron chi connectivity index (χ2n) is 3.97. The van der Waals surface area contributed by atoms with Crippen molar-refractivity contribution in [1.29, 1.82) is 0 Å². The Balaban J connectivity index is 2.99. The van der Waals surface area contributed by atoms with E-state index in [1.54, 1.807) is 12.3 Å². The van der Waals surface area contributed by atoms with Gasteiger partial charge in [0, 0.05) is 11.6 Å². The van der Waals surface area contributed by atoms with Crippen molar-refractivity contribution in [3.63, 3.8) is 0 Å². The summed E-state index contributed by atoms with van der Waals surface area (Å²) in [6.45, 7) is 13.3. The Bertz CT molecular complexity index is 400. The van der Waals surface area contributed by atoms with Crippen molar-refractivity contribution >= 4 is 18.2 Å². The molecule has 0 aliphatic heterocycles. The second kappa shape index (κ2) is 4.26. The van der Waals surface area contributed by atoms with Crippen LogP contribution in [0.2, 0.25) is 0 Å². The first-order valence-electron chi connectivity index (χ1n) is 4.77. The highest BCUT2D eigenvalue weighted by molar-refractivity contribution is 5.72. The van der Waals surface area contributed by atoms with E-state index in [9.17, 15) is 0 Å². The lowest BCUT2D eigenvalue weighted by molar-refractivity contribution is 0.425. The van der Waals surface area contributed by atoms with E-state index in [0.29, 0.717) is 5.88 Å². The van der Waals surface area contributed by atoms with Gasteiger partial charge in [-0.2, -0.15) is 0 Å². The smallest absolute Gasteiger partial charge is 0.257 e. The van der Waals surface area contributed by atoms with Crippen molar-refractivity contribution in [2.24, 2.45) is 10.4 Å². The molecule has 0 N–H and O–H groups in total. The van der Waals surface area contributed by atoms with Crippen LogP contribution in [0.3, 0.4) is 0 Å². The van der Waals surface area contributed by atoms with Crippen LogP contribution in [0.1, 0.15) is 25.1 Å². The Morgan fingerprint density at radius 1 is 1.40 bits per heavy atom. The van der Waals surface area contributed by atoms with Crippen LogP contribution >= 0.6 is 0 Å². The molecule has 0 aliphatic rings. The van der Waals surface area contributed by atoms with E-state index >= 15 is 0 Å². The largest absolute Gasteiger partial charge is 0.336 e. The highest BCUT2D eigenvalue weighted by Gasteiger charge is 2.12.